The molecule has 1 unspecified atom stereocenters. The zero-order chi connectivity index (χ0) is 27.1. The third-order valence-corrected chi connectivity index (χ3v) is 6.84. The molecule has 198 valence electrons. The molecule has 3 aromatic rings. The molecule has 2 N–H and O–H groups in total. The van der Waals surface area contributed by atoms with E-state index >= 15 is 0 Å². The van der Waals surface area contributed by atoms with Gasteiger partial charge in [0, 0.05) is 25.4 Å². The van der Waals surface area contributed by atoms with Crippen LogP contribution in [0.25, 0.3) is 11.1 Å². The average molecular weight is 517 g/mol. The van der Waals surface area contributed by atoms with Crippen LogP contribution in [-0.4, -0.2) is 63.1 Å². The topological polar surface area (TPSA) is 117 Å². The van der Waals surface area contributed by atoms with E-state index < -0.39 is 29.9 Å². The molecule has 1 aromatic heterocycles. The number of hydrogen-bond acceptors (Lipinski definition) is 7. The van der Waals surface area contributed by atoms with Crippen LogP contribution in [0.15, 0.2) is 73.1 Å². The molecule has 1 aliphatic heterocycles. The molecule has 1 fully saturated rings. The largest absolute Gasteiger partial charge is 0.462 e. The Morgan fingerprint density at radius 2 is 1.76 bits per heavy atom. The molecular weight excluding hydrogens is 484 g/mol. The molecule has 8 nitrogen and oxygen atoms in total. The van der Waals surface area contributed by atoms with E-state index in [1.807, 2.05) is 54.6 Å². The Bertz CT molecular complexity index is 1260. The number of hydrogen-bond donors (Lipinski definition) is 2. The molecule has 2 aromatic carbocycles. The van der Waals surface area contributed by atoms with Crippen LogP contribution in [-0.2, 0) is 20.7 Å². The number of ketones is 1. The van der Waals surface area contributed by atoms with Gasteiger partial charge in [-0.25, -0.2) is 4.79 Å². The number of carbonyl (C=O) groups excluding carboxylic acids is 3. The molecule has 2 heterocycles. The second-order valence-electron chi connectivity index (χ2n) is 9.29. The minimum Gasteiger partial charge on any atom is -0.462 e. The molecule has 0 aliphatic carbocycles. The Kier molecular flexibility index (Phi) is 8.99. The van der Waals surface area contributed by atoms with Crippen molar-refractivity contribution in [3.05, 3.63) is 89.7 Å². The van der Waals surface area contributed by atoms with E-state index in [2.05, 4.69) is 4.98 Å². The second-order valence-corrected chi connectivity index (χ2v) is 9.29. The van der Waals surface area contributed by atoms with Gasteiger partial charge in [0.25, 0.3) is 5.91 Å². The predicted octanol–water partition coefficient (Wildman–Crippen LogP) is 3.51. The molecule has 3 atom stereocenters. The van der Waals surface area contributed by atoms with E-state index in [1.165, 1.54) is 6.20 Å². The highest BCUT2D eigenvalue weighted by molar-refractivity contribution is 5.97. The number of Topliss-reactive ketones (excluding diaryl/α,β-unsaturated/α-hetero) is 1. The SMILES string of the molecule is CCOC(=O)c1cnccc1-c1ccc(CCC(=O)[C@H](O)[C@@H](O)C(=O)N2CCCC2c2ccccc2)cc1. The summed E-state index contributed by atoms with van der Waals surface area (Å²) in [6.45, 7) is 2.47. The summed E-state index contributed by atoms with van der Waals surface area (Å²) < 4.78 is 5.11. The third kappa shape index (κ3) is 6.15. The maximum atomic E-state index is 13.0. The van der Waals surface area contributed by atoms with Crippen molar-refractivity contribution in [3.63, 3.8) is 0 Å². The van der Waals surface area contributed by atoms with Crippen LogP contribution in [0, 0.1) is 0 Å². The fourth-order valence-corrected chi connectivity index (χ4v) is 4.82. The van der Waals surface area contributed by atoms with Crippen molar-refractivity contribution >= 4 is 17.7 Å². The van der Waals surface area contributed by atoms with Crippen molar-refractivity contribution in [1.82, 2.24) is 9.88 Å². The number of amides is 1. The summed E-state index contributed by atoms with van der Waals surface area (Å²) in [4.78, 5) is 43.4. The first-order valence-corrected chi connectivity index (χ1v) is 12.9. The Balaban J connectivity index is 1.35. The van der Waals surface area contributed by atoms with Gasteiger partial charge in [0.1, 0.15) is 6.10 Å². The quantitative estimate of drug-likeness (QED) is 0.396. The van der Waals surface area contributed by atoms with E-state index in [1.54, 1.807) is 24.1 Å². The molecule has 0 radical (unpaired) electrons. The summed E-state index contributed by atoms with van der Waals surface area (Å²) in [5.41, 5.74) is 3.66. The zero-order valence-corrected chi connectivity index (χ0v) is 21.3. The number of esters is 1. The highest BCUT2D eigenvalue weighted by atomic mass is 16.5. The maximum Gasteiger partial charge on any atom is 0.340 e. The number of pyridine rings is 1. The molecule has 1 aliphatic rings. The van der Waals surface area contributed by atoms with Crippen LogP contribution in [0.2, 0.25) is 0 Å². The minimum atomic E-state index is -1.80. The van der Waals surface area contributed by atoms with Gasteiger partial charge in [0.15, 0.2) is 11.9 Å². The highest BCUT2D eigenvalue weighted by Gasteiger charge is 2.38. The highest BCUT2D eigenvalue weighted by Crippen LogP contribution is 2.32. The maximum absolute atomic E-state index is 13.0. The van der Waals surface area contributed by atoms with Gasteiger partial charge in [-0.05, 0) is 54.5 Å². The number of aliphatic hydroxyl groups is 2. The molecule has 0 saturated carbocycles. The number of carbonyl (C=O) groups is 3. The normalized spacial score (nSPS) is 16.6. The number of nitrogens with zero attached hydrogens (tertiary/aromatic N) is 2. The van der Waals surface area contributed by atoms with Crippen LogP contribution in [0.3, 0.4) is 0 Å². The lowest BCUT2D eigenvalue weighted by atomic mass is 9.97. The fraction of sp³-hybridized carbons (Fsp3) is 0.333. The zero-order valence-electron chi connectivity index (χ0n) is 21.3. The summed E-state index contributed by atoms with van der Waals surface area (Å²) in [6.07, 6.45) is 1.33. The van der Waals surface area contributed by atoms with Gasteiger partial charge in [-0.15, -0.1) is 0 Å². The lowest BCUT2D eigenvalue weighted by Crippen LogP contribution is -2.47. The van der Waals surface area contributed by atoms with E-state index in [0.29, 0.717) is 24.1 Å². The van der Waals surface area contributed by atoms with Crippen LogP contribution in [0.1, 0.15) is 53.7 Å². The van der Waals surface area contributed by atoms with Crippen molar-refractivity contribution in [3.8, 4) is 11.1 Å². The average Bonchev–Trinajstić information content (AvgIpc) is 3.46. The van der Waals surface area contributed by atoms with Gasteiger partial charge in [-0.3, -0.25) is 14.6 Å². The number of ether oxygens (including phenoxy) is 1. The summed E-state index contributed by atoms with van der Waals surface area (Å²) >= 11 is 0. The van der Waals surface area contributed by atoms with Crippen molar-refractivity contribution in [1.29, 1.82) is 0 Å². The van der Waals surface area contributed by atoms with Crippen molar-refractivity contribution < 1.29 is 29.3 Å². The molecule has 1 amide bonds. The Morgan fingerprint density at radius 3 is 2.47 bits per heavy atom. The molecule has 4 rings (SSSR count). The summed E-state index contributed by atoms with van der Waals surface area (Å²) in [6, 6.07) is 18.5. The second kappa shape index (κ2) is 12.6. The Hall–Kier alpha value is -3.88. The first-order chi connectivity index (χ1) is 18.4. The van der Waals surface area contributed by atoms with Crippen molar-refractivity contribution in [2.75, 3.05) is 13.2 Å². The van der Waals surface area contributed by atoms with E-state index in [9.17, 15) is 24.6 Å². The van der Waals surface area contributed by atoms with E-state index in [0.717, 1.165) is 29.5 Å². The number of benzene rings is 2. The number of likely N-dealkylation sites (tertiary alicyclic amines) is 1. The van der Waals surface area contributed by atoms with Crippen molar-refractivity contribution in [2.45, 2.75) is 50.9 Å². The van der Waals surface area contributed by atoms with Crippen LogP contribution >= 0.6 is 0 Å². The van der Waals surface area contributed by atoms with Gasteiger partial charge in [0.2, 0.25) is 0 Å². The van der Waals surface area contributed by atoms with Crippen LogP contribution < -0.4 is 0 Å². The predicted molar refractivity (Wildman–Crippen MR) is 141 cm³/mol. The van der Waals surface area contributed by atoms with Gasteiger partial charge < -0.3 is 19.8 Å². The smallest absolute Gasteiger partial charge is 0.340 e. The standard InChI is InChI=1S/C30H32N2O6/c1-2-38-30(37)24-19-31-17-16-23(24)21-13-10-20(11-14-21)12-15-26(33)27(34)28(35)29(36)32-18-6-9-25(32)22-7-4-3-5-8-22/h3-5,7-8,10-11,13-14,16-17,19,25,27-28,34-35H,2,6,9,12,15,18H2,1H3/t25?,27-,28+/m0/s1. The number of rotatable bonds is 10. The molecule has 0 bridgehead atoms. The summed E-state index contributed by atoms with van der Waals surface area (Å²) in [5.74, 6) is -1.67. The monoisotopic (exact) mass is 516 g/mol. The number of aliphatic hydroxyl groups excluding tert-OH is 2. The Morgan fingerprint density at radius 1 is 1.03 bits per heavy atom. The summed E-state index contributed by atoms with van der Waals surface area (Å²) in [5, 5.41) is 21.0. The molecular formula is C30H32N2O6. The number of aryl methyl sites for hydroxylation is 1. The summed E-state index contributed by atoms with van der Waals surface area (Å²) in [7, 11) is 0. The lowest BCUT2D eigenvalue weighted by molar-refractivity contribution is -0.153. The van der Waals surface area contributed by atoms with Gasteiger partial charge in [-0.2, -0.15) is 0 Å². The van der Waals surface area contributed by atoms with Crippen LogP contribution in [0.5, 0.6) is 0 Å². The fourth-order valence-electron chi connectivity index (χ4n) is 4.82. The van der Waals surface area contributed by atoms with E-state index in [4.69, 9.17) is 4.74 Å². The number of aromatic nitrogens is 1. The van der Waals surface area contributed by atoms with Crippen LogP contribution in [0.4, 0.5) is 0 Å². The first kappa shape index (κ1) is 27.2. The third-order valence-electron chi connectivity index (χ3n) is 6.84. The van der Waals surface area contributed by atoms with E-state index in [-0.39, 0.29) is 19.1 Å². The van der Waals surface area contributed by atoms with Crippen molar-refractivity contribution in [2.24, 2.45) is 0 Å². The van der Waals surface area contributed by atoms with Gasteiger partial charge in [0.05, 0.1) is 18.2 Å². The van der Waals surface area contributed by atoms with Gasteiger partial charge >= 0.3 is 5.97 Å². The molecule has 38 heavy (non-hydrogen) atoms. The first-order valence-electron chi connectivity index (χ1n) is 12.9. The minimum absolute atomic E-state index is 0.0314. The molecule has 8 heteroatoms. The lowest BCUT2D eigenvalue weighted by Gasteiger charge is -2.28. The van der Waals surface area contributed by atoms with Gasteiger partial charge in [-0.1, -0.05) is 54.6 Å². The Labute approximate surface area is 221 Å². The molecule has 1 saturated heterocycles. The molecule has 0 spiro atoms.